The first-order valence-electron chi connectivity index (χ1n) is 6.64. The highest BCUT2D eigenvalue weighted by Crippen LogP contribution is 2.32. The first-order valence-corrected chi connectivity index (χ1v) is 6.64. The first-order chi connectivity index (χ1) is 10.1. The number of carbonyl (C=O) groups excluding carboxylic acids is 1. The normalized spacial score (nSPS) is 16.8. The van der Waals surface area contributed by atoms with Crippen molar-refractivity contribution in [1.82, 2.24) is 9.78 Å². The standard InChI is InChI=1S/C14H14N4O3/c1-10-8-11-4-2-3-5-12(11)17(10)14(19)9-16-13(18(20)21)6-7-15-16/h2-7,10H,8-9H2,1H3/t10-/m1/s1. The zero-order valence-electron chi connectivity index (χ0n) is 11.5. The smallest absolute Gasteiger partial charge is 0.345 e. The Bertz CT molecular complexity index is 710. The number of benzene rings is 1. The maximum absolute atomic E-state index is 12.5. The van der Waals surface area contributed by atoms with Crippen molar-refractivity contribution >= 4 is 17.4 Å². The highest BCUT2D eigenvalue weighted by Gasteiger charge is 2.32. The Morgan fingerprint density at radius 2 is 2.19 bits per heavy atom. The summed E-state index contributed by atoms with van der Waals surface area (Å²) < 4.78 is 1.12. The molecule has 0 radical (unpaired) electrons. The molecular formula is C14H14N4O3. The predicted octanol–water partition coefficient (Wildman–Crippen LogP) is 1.77. The third-order valence-electron chi connectivity index (χ3n) is 3.64. The van der Waals surface area contributed by atoms with E-state index < -0.39 is 4.92 Å². The van der Waals surface area contributed by atoms with Crippen molar-refractivity contribution in [3.63, 3.8) is 0 Å². The maximum atomic E-state index is 12.5. The van der Waals surface area contributed by atoms with Crippen LogP contribution in [-0.4, -0.2) is 26.7 Å². The van der Waals surface area contributed by atoms with E-state index in [4.69, 9.17) is 0 Å². The lowest BCUT2D eigenvalue weighted by molar-refractivity contribution is -0.392. The van der Waals surface area contributed by atoms with Crippen LogP contribution in [0.3, 0.4) is 0 Å². The van der Waals surface area contributed by atoms with Gasteiger partial charge in [0.25, 0.3) is 5.91 Å². The van der Waals surface area contributed by atoms with Gasteiger partial charge in [0.2, 0.25) is 0 Å². The Morgan fingerprint density at radius 1 is 1.43 bits per heavy atom. The molecule has 1 amide bonds. The molecule has 1 aliphatic rings. The van der Waals surface area contributed by atoms with Crippen LogP contribution in [0.2, 0.25) is 0 Å². The second-order valence-corrected chi connectivity index (χ2v) is 5.05. The van der Waals surface area contributed by atoms with Crippen molar-refractivity contribution in [2.45, 2.75) is 25.9 Å². The van der Waals surface area contributed by atoms with Crippen LogP contribution in [0.15, 0.2) is 36.5 Å². The third-order valence-corrected chi connectivity index (χ3v) is 3.64. The van der Waals surface area contributed by atoms with Gasteiger partial charge in [-0.15, -0.1) is 4.68 Å². The summed E-state index contributed by atoms with van der Waals surface area (Å²) in [6.45, 7) is 1.83. The summed E-state index contributed by atoms with van der Waals surface area (Å²) in [6, 6.07) is 9.05. The van der Waals surface area contributed by atoms with Crippen LogP contribution >= 0.6 is 0 Å². The van der Waals surface area contributed by atoms with Gasteiger partial charge in [-0.3, -0.25) is 4.79 Å². The SMILES string of the molecule is C[C@@H]1Cc2ccccc2N1C(=O)Cn1nccc1[N+](=O)[O-]. The molecule has 1 atom stereocenters. The molecule has 1 aromatic carbocycles. The fourth-order valence-electron chi connectivity index (χ4n) is 2.75. The predicted molar refractivity (Wildman–Crippen MR) is 76.0 cm³/mol. The second kappa shape index (κ2) is 5.01. The van der Waals surface area contributed by atoms with Gasteiger partial charge in [0, 0.05) is 11.7 Å². The Kier molecular flexibility index (Phi) is 3.17. The number of amides is 1. The van der Waals surface area contributed by atoms with Gasteiger partial charge in [-0.25, -0.2) is 0 Å². The number of para-hydroxylation sites is 1. The molecule has 1 aromatic heterocycles. The summed E-state index contributed by atoms with van der Waals surface area (Å²) in [4.78, 5) is 24.5. The van der Waals surface area contributed by atoms with E-state index in [1.807, 2.05) is 31.2 Å². The molecule has 0 bridgehead atoms. The Labute approximate surface area is 120 Å². The van der Waals surface area contributed by atoms with Gasteiger partial charge in [-0.1, -0.05) is 23.3 Å². The van der Waals surface area contributed by atoms with E-state index in [0.717, 1.165) is 22.4 Å². The summed E-state index contributed by atoms with van der Waals surface area (Å²) in [5.74, 6) is -0.372. The molecule has 1 aliphatic heterocycles. The van der Waals surface area contributed by atoms with Gasteiger partial charge in [0.15, 0.2) is 6.54 Å². The van der Waals surface area contributed by atoms with E-state index in [-0.39, 0.29) is 24.3 Å². The number of nitro groups is 1. The summed E-state index contributed by atoms with van der Waals surface area (Å²) in [6.07, 6.45) is 2.12. The van der Waals surface area contributed by atoms with Gasteiger partial charge >= 0.3 is 5.82 Å². The highest BCUT2D eigenvalue weighted by molar-refractivity contribution is 5.96. The highest BCUT2D eigenvalue weighted by atomic mass is 16.6. The fraction of sp³-hybridized carbons (Fsp3) is 0.286. The quantitative estimate of drug-likeness (QED) is 0.636. The summed E-state index contributed by atoms with van der Waals surface area (Å²) in [5, 5.41) is 14.7. The number of rotatable bonds is 3. The van der Waals surface area contributed by atoms with E-state index in [9.17, 15) is 14.9 Å². The number of hydrogen-bond donors (Lipinski definition) is 0. The lowest BCUT2D eigenvalue weighted by Crippen LogP contribution is -2.38. The van der Waals surface area contributed by atoms with Gasteiger partial charge < -0.3 is 15.0 Å². The molecule has 0 saturated heterocycles. The number of nitrogens with zero attached hydrogens (tertiary/aromatic N) is 4. The van der Waals surface area contributed by atoms with E-state index in [0.29, 0.717) is 0 Å². The van der Waals surface area contributed by atoms with E-state index in [2.05, 4.69) is 5.10 Å². The molecule has 7 heteroatoms. The number of anilines is 1. The molecule has 0 aliphatic carbocycles. The molecule has 3 rings (SSSR count). The molecule has 0 unspecified atom stereocenters. The van der Waals surface area contributed by atoms with Gasteiger partial charge in [-0.05, 0) is 29.9 Å². The molecule has 2 aromatic rings. The molecule has 7 nitrogen and oxygen atoms in total. The lowest BCUT2D eigenvalue weighted by Gasteiger charge is -2.21. The Hall–Kier alpha value is -2.70. The van der Waals surface area contributed by atoms with E-state index in [1.165, 1.54) is 12.3 Å². The van der Waals surface area contributed by atoms with Crippen molar-refractivity contribution < 1.29 is 9.72 Å². The van der Waals surface area contributed by atoms with E-state index in [1.54, 1.807) is 4.90 Å². The van der Waals surface area contributed by atoms with Crippen molar-refractivity contribution in [3.8, 4) is 0 Å². The molecule has 0 spiro atoms. The van der Waals surface area contributed by atoms with Crippen LogP contribution < -0.4 is 4.90 Å². The summed E-state index contributed by atoms with van der Waals surface area (Å²) >= 11 is 0. The maximum Gasteiger partial charge on any atom is 0.345 e. The molecule has 0 saturated carbocycles. The third kappa shape index (κ3) is 2.26. The van der Waals surface area contributed by atoms with E-state index >= 15 is 0 Å². The molecule has 2 heterocycles. The van der Waals surface area contributed by atoms with Crippen molar-refractivity contribution in [2.24, 2.45) is 0 Å². The van der Waals surface area contributed by atoms with Crippen molar-refractivity contribution in [3.05, 3.63) is 52.2 Å². The molecule has 108 valence electrons. The number of carbonyl (C=O) groups is 1. The van der Waals surface area contributed by atoms with Crippen molar-refractivity contribution in [1.29, 1.82) is 0 Å². The number of fused-ring (bicyclic) bond motifs is 1. The number of hydrogen-bond acceptors (Lipinski definition) is 4. The fourth-order valence-corrected chi connectivity index (χ4v) is 2.75. The molecular weight excluding hydrogens is 272 g/mol. The average molecular weight is 286 g/mol. The first kappa shape index (κ1) is 13.3. The van der Waals surface area contributed by atoms with Crippen LogP contribution in [0.4, 0.5) is 11.5 Å². The number of aromatic nitrogens is 2. The van der Waals surface area contributed by atoms with Gasteiger partial charge in [-0.2, -0.15) is 0 Å². The average Bonchev–Trinajstić information content (AvgIpc) is 3.01. The Balaban J connectivity index is 1.86. The molecule has 21 heavy (non-hydrogen) atoms. The van der Waals surface area contributed by atoms with Crippen LogP contribution in [0.25, 0.3) is 0 Å². The van der Waals surface area contributed by atoms with Crippen LogP contribution in [0, 0.1) is 10.1 Å². The van der Waals surface area contributed by atoms with Crippen LogP contribution in [-0.2, 0) is 17.8 Å². The topological polar surface area (TPSA) is 81.3 Å². The Morgan fingerprint density at radius 3 is 2.95 bits per heavy atom. The van der Waals surface area contributed by atoms with Crippen LogP contribution in [0.1, 0.15) is 12.5 Å². The monoisotopic (exact) mass is 286 g/mol. The van der Waals surface area contributed by atoms with Gasteiger partial charge in [0.05, 0.1) is 12.3 Å². The van der Waals surface area contributed by atoms with Crippen LogP contribution in [0.5, 0.6) is 0 Å². The second-order valence-electron chi connectivity index (χ2n) is 5.05. The summed E-state index contributed by atoms with van der Waals surface area (Å²) in [7, 11) is 0. The molecule has 0 N–H and O–H groups in total. The lowest BCUT2D eigenvalue weighted by atomic mass is 10.1. The minimum Gasteiger partial charge on any atom is -0.358 e. The van der Waals surface area contributed by atoms with Gasteiger partial charge in [0.1, 0.15) is 0 Å². The zero-order chi connectivity index (χ0) is 15.0. The minimum absolute atomic E-state index is 0.0459. The molecule has 0 fully saturated rings. The largest absolute Gasteiger partial charge is 0.358 e. The minimum atomic E-state index is -0.540. The zero-order valence-corrected chi connectivity index (χ0v) is 11.5. The summed E-state index contributed by atoms with van der Waals surface area (Å²) in [5.41, 5.74) is 2.00. The van der Waals surface area contributed by atoms with Crippen molar-refractivity contribution in [2.75, 3.05) is 4.90 Å².